The van der Waals surface area contributed by atoms with Gasteiger partial charge in [0, 0.05) is 12.6 Å². The van der Waals surface area contributed by atoms with Crippen LogP contribution in [0.2, 0.25) is 0 Å². The Bertz CT molecular complexity index is 947. The Morgan fingerprint density at radius 1 is 1.23 bits per heavy atom. The Labute approximate surface area is 167 Å². The Morgan fingerprint density at radius 3 is 2.47 bits per heavy atom. The molecule has 0 bridgehead atoms. The van der Waals surface area contributed by atoms with Crippen LogP contribution in [0.15, 0.2) is 17.1 Å². The summed E-state index contributed by atoms with van der Waals surface area (Å²) in [6.45, 7) is -2.17. The molecule has 0 aromatic carbocycles. The third-order valence-corrected chi connectivity index (χ3v) is 7.59. The topological polar surface area (TPSA) is 259 Å². The van der Waals surface area contributed by atoms with E-state index < -0.39 is 61.0 Å². The van der Waals surface area contributed by atoms with Crippen molar-refractivity contribution in [2.45, 2.75) is 24.9 Å². The van der Waals surface area contributed by atoms with E-state index in [1.54, 1.807) is 0 Å². The zero-order chi connectivity index (χ0) is 22.7. The minimum Gasteiger partial charge on any atom is -0.390 e. The minimum atomic E-state index is -5.67. The lowest BCUT2D eigenvalue weighted by Gasteiger charge is -2.21. The van der Waals surface area contributed by atoms with Crippen LogP contribution in [0.1, 0.15) is 12.6 Å². The predicted molar refractivity (Wildman–Crippen MR) is 93.2 cm³/mol. The second-order valence-corrected chi connectivity index (χ2v) is 10.2. The molecule has 0 saturated carbocycles. The summed E-state index contributed by atoms with van der Waals surface area (Å²) in [6, 6.07) is 1.30. The van der Waals surface area contributed by atoms with E-state index in [0.29, 0.717) is 0 Å². The fraction of sp³-hybridized carbons (Fsp3) is 0.600. The number of nitrogen functional groups attached to an aromatic ring is 1. The van der Waals surface area contributed by atoms with E-state index in [-0.39, 0.29) is 12.2 Å². The molecular weight excluding hydrogens is 479 g/mol. The van der Waals surface area contributed by atoms with Gasteiger partial charge in [0.25, 0.3) is 0 Å². The van der Waals surface area contributed by atoms with Crippen LogP contribution in [0, 0.1) is 0 Å². The molecule has 1 aromatic heterocycles. The molecule has 30 heavy (non-hydrogen) atoms. The van der Waals surface area contributed by atoms with Gasteiger partial charge < -0.3 is 35.4 Å². The van der Waals surface area contributed by atoms with Crippen molar-refractivity contribution in [1.82, 2.24) is 9.55 Å². The Kier molecular flexibility index (Phi) is 8.10. The van der Waals surface area contributed by atoms with E-state index in [9.17, 15) is 28.5 Å². The highest BCUT2D eigenvalue weighted by Gasteiger charge is 2.44. The van der Waals surface area contributed by atoms with Crippen molar-refractivity contribution in [2.24, 2.45) is 0 Å². The molecule has 1 aliphatic heterocycles. The summed E-state index contributed by atoms with van der Waals surface area (Å²) in [5.41, 5.74) is 4.60. The number of hydrogen-bond donors (Lipinski definition) is 6. The number of hydrogen-bond acceptors (Lipinski definition) is 13. The second-order valence-electron chi connectivity index (χ2n) is 5.60. The SMILES string of the molecule is Nc1ccn([C@H]2C[C@H](O)[C@@H](COP(=O)(OCO)OP(=O)(O)OP(=O)(O)O)O2)c(=O)n1. The number of nitrogens with two attached hydrogens (primary N) is 1. The fourth-order valence-electron chi connectivity index (χ4n) is 2.28. The average molecular weight is 497 g/mol. The molecule has 1 fully saturated rings. The fourth-order valence-corrected chi connectivity index (χ4v) is 5.67. The molecule has 1 aromatic rings. The van der Waals surface area contributed by atoms with Crippen molar-refractivity contribution >= 4 is 29.3 Å². The molecule has 0 aliphatic carbocycles. The zero-order valence-corrected chi connectivity index (χ0v) is 17.4. The summed E-state index contributed by atoms with van der Waals surface area (Å²) < 4.78 is 57.3. The molecule has 20 heteroatoms. The van der Waals surface area contributed by atoms with E-state index >= 15 is 0 Å². The van der Waals surface area contributed by atoms with Crippen LogP contribution in [0.3, 0.4) is 0 Å². The molecule has 17 nitrogen and oxygen atoms in total. The number of phosphoric ester groups is 1. The molecule has 2 unspecified atom stereocenters. The van der Waals surface area contributed by atoms with Crippen molar-refractivity contribution in [2.75, 3.05) is 19.1 Å². The maximum atomic E-state index is 12.3. The van der Waals surface area contributed by atoms with Gasteiger partial charge in [-0.3, -0.25) is 13.6 Å². The number of nitrogens with zero attached hydrogens (tertiary/aromatic N) is 2. The monoisotopic (exact) mass is 497 g/mol. The summed E-state index contributed by atoms with van der Waals surface area (Å²) in [5, 5.41) is 18.8. The molecule has 2 rings (SSSR count). The van der Waals surface area contributed by atoms with E-state index in [0.717, 1.165) is 4.57 Å². The number of aliphatic hydroxyl groups is 2. The maximum absolute atomic E-state index is 12.3. The zero-order valence-electron chi connectivity index (χ0n) is 14.7. The van der Waals surface area contributed by atoms with Gasteiger partial charge in [0.05, 0.1) is 12.7 Å². The van der Waals surface area contributed by atoms with Crippen LogP contribution >= 0.6 is 23.5 Å². The molecule has 172 valence electrons. The molecule has 0 radical (unpaired) electrons. The predicted octanol–water partition coefficient (Wildman–Crippen LogP) is -1.21. The van der Waals surface area contributed by atoms with Gasteiger partial charge in [-0.25, -0.2) is 18.5 Å². The lowest BCUT2D eigenvalue weighted by Crippen LogP contribution is -2.28. The lowest BCUT2D eigenvalue weighted by molar-refractivity contribution is -0.0493. The van der Waals surface area contributed by atoms with Crippen LogP contribution in [-0.4, -0.2) is 60.1 Å². The van der Waals surface area contributed by atoms with E-state index in [2.05, 4.69) is 22.7 Å². The van der Waals surface area contributed by atoms with Gasteiger partial charge in [-0.15, -0.1) is 0 Å². The number of phosphoric acid groups is 3. The summed E-state index contributed by atoms with van der Waals surface area (Å²) >= 11 is 0. The molecule has 2 heterocycles. The first kappa shape index (κ1) is 25.2. The van der Waals surface area contributed by atoms with Crippen molar-refractivity contribution in [3.63, 3.8) is 0 Å². The van der Waals surface area contributed by atoms with Crippen LogP contribution in [-0.2, 0) is 36.1 Å². The van der Waals surface area contributed by atoms with Gasteiger partial charge in [-0.1, -0.05) is 0 Å². The molecule has 1 aliphatic rings. The first-order valence-electron chi connectivity index (χ1n) is 7.73. The van der Waals surface area contributed by atoms with Gasteiger partial charge in [0.15, 0.2) is 6.79 Å². The highest BCUT2D eigenvalue weighted by Crippen LogP contribution is 2.68. The van der Waals surface area contributed by atoms with Crippen LogP contribution in [0.25, 0.3) is 0 Å². The summed E-state index contributed by atoms with van der Waals surface area (Å²) in [6.07, 6.45) is -2.44. The summed E-state index contributed by atoms with van der Waals surface area (Å²) in [5.74, 6) is -0.0418. The smallest absolute Gasteiger partial charge is 0.390 e. The summed E-state index contributed by atoms with van der Waals surface area (Å²) in [4.78, 5) is 41.7. The van der Waals surface area contributed by atoms with Gasteiger partial charge in [-0.2, -0.15) is 13.6 Å². The maximum Gasteiger partial charge on any atom is 0.490 e. The minimum absolute atomic E-state index is 0.0418. The number of anilines is 1. The largest absolute Gasteiger partial charge is 0.490 e. The van der Waals surface area contributed by atoms with Crippen LogP contribution < -0.4 is 11.4 Å². The van der Waals surface area contributed by atoms with Crippen molar-refractivity contribution in [3.05, 3.63) is 22.7 Å². The molecular formula is C10H18N3O14P3. The van der Waals surface area contributed by atoms with Gasteiger partial charge in [0.2, 0.25) is 0 Å². The number of aromatic nitrogens is 2. The molecule has 1 saturated heterocycles. The second kappa shape index (κ2) is 9.63. The highest BCUT2D eigenvalue weighted by atomic mass is 31.3. The van der Waals surface area contributed by atoms with Gasteiger partial charge >= 0.3 is 29.2 Å². The Morgan fingerprint density at radius 2 is 1.90 bits per heavy atom. The van der Waals surface area contributed by atoms with Crippen LogP contribution in [0.5, 0.6) is 0 Å². The van der Waals surface area contributed by atoms with E-state index in [4.69, 9.17) is 25.4 Å². The van der Waals surface area contributed by atoms with Crippen molar-refractivity contribution in [1.29, 1.82) is 0 Å². The van der Waals surface area contributed by atoms with Crippen LogP contribution in [0.4, 0.5) is 5.82 Å². The number of rotatable bonds is 10. The molecule has 7 N–H and O–H groups in total. The molecule has 0 amide bonds. The third-order valence-electron chi connectivity index (χ3n) is 3.39. The standard InChI is InChI=1S/C10H18N3O14P3/c11-8-1-2-13(10(16)12-8)9-3-6(15)7(25-9)4-23-30(22,24-5-14)27-29(20,21)26-28(17,18)19/h1-2,6-7,9,14-15H,3-5H2,(H,20,21)(H2,11,12,16)(H2,17,18,19)/t6-,7+,9+,30?/m0/s1. The summed E-state index contributed by atoms with van der Waals surface area (Å²) in [7, 11) is -16.3. The Balaban J connectivity index is 2.06. The first-order valence-corrected chi connectivity index (χ1v) is 12.2. The highest BCUT2D eigenvalue weighted by molar-refractivity contribution is 7.66. The normalized spacial score (nSPS) is 26.2. The number of aliphatic hydroxyl groups excluding tert-OH is 2. The average Bonchev–Trinajstić information content (AvgIpc) is 2.91. The number of ether oxygens (including phenoxy) is 1. The molecule has 0 spiro atoms. The Hall–Kier alpha value is -1.03. The van der Waals surface area contributed by atoms with Gasteiger partial charge in [0.1, 0.15) is 18.1 Å². The van der Waals surface area contributed by atoms with Crippen molar-refractivity contribution < 1.29 is 61.0 Å². The van der Waals surface area contributed by atoms with Gasteiger partial charge in [-0.05, 0) is 6.07 Å². The quantitative estimate of drug-likeness (QED) is 0.164. The van der Waals surface area contributed by atoms with E-state index in [1.807, 2.05) is 0 Å². The lowest BCUT2D eigenvalue weighted by atomic mass is 10.2. The van der Waals surface area contributed by atoms with Crippen molar-refractivity contribution in [3.8, 4) is 0 Å². The third kappa shape index (κ3) is 7.28. The first-order chi connectivity index (χ1) is 13.7. The van der Waals surface area contributed by atoms with E-state index in [1.165, 1.54) is 12.3 Å². The molecule has 5 atom stereocenters.